The van der Waals surface area contributed by atoms with Crippen molar-refractivity contribution in [3.63, 3.8) is 0 Å². The first-order chi connectivity index (χ1) is 6.77. The van der Waals surface area contributed by atoms with E-state index in [4.69, 9.17) is 5.73 Å². The van der Waals surface area contributed by atoms with Crippen molar-refractivity contribution in [3.8, 4) is 0 Å². The molecule has 0 aliphatic carbocycles. The van der Waals surface area contributed by atoms with Crippen LogP contribution in [0.25, 0.3) is 0 Å². The van der Waals surface area contributed by atoms with E-state index in [1.54, 1.807) is 0 Å². The summed E-state index contributed by atoms with van der Waals surface area (Å²) in [6.45, 7) is 3.85. The second kappa shape index (κ2) is 6.04. The standard InChI is InChI=1S/C11H17BrN2/c1-2-9-8-10(12)4-5-11(9)14-7-3-6-13/h4-5,8,14H,2-3,6-7,13H2,1H3. The second-order valence-corrected chi connectivity index (χ2v) is 4.14. The first-order valence-corrected chi connectivity index (χ1v) is 5.79. The van der Waals surface area contributed by atoms with Crippen molar-refractivity contribution >= 4 is 21.6 Å². The molecule has 2 nitrogen and oxygen atoms in total. The number of nitrogens with two attached hydrogens (primary N) is 1. The number of anilines is 1. The molecule has 3 N–H and O–H groups in total. The van der Waals surface area contributed by atoms with Gasteiger partial charge in [-0.1, -0.05) is 22.9 Å². The van der Waals surface area contributed by atoms with E-state index in [0.29, 0.717) is 0 Å². The lowest BCUT2D eigenvalue weighted by Gasteiger charge is -2.10. The van der Waals surface area contributed by atoms with Crippen LogP contribution in [0.5, 0.6) is 0 Å². The van der Waals surface area contributed by atoms with Gasteiger partial charge in [-0.2, -0.15) is 0 Å². The van der Waals surface area contributed by atoms with Crippen molar-refractivity contribution in [2.24, 2.45) is 5.73 Å². The molecule has 1 aromatic rings. The summed E-state index contributed by atoms with van der Waals surface area (Å²) in [7, 11) is 0. The number of halogens is 1. The minimum atomic E-state index is 0.741. The molecule has 0 amide bonds. The van der Waals surface area contributed by atoms with Crippen LogP contribution in [0.15, 0.2) is 22.7 Å². The van der Waals surface area contributed by atoms with Crippen LogP contribution in [0, 0.1) is 0 Å². The van der Waals surface area contributed by atoms with Crippen molar-refractivity contribution < 1.29 is 0 Å². The topological polar surface area (TPSA) is 38.0 Å². The molecule has 0 aliphatic heterocycles. The Kier molecular flexibility index (Phi) is 4.98. The SMILES string of the molecule is CCc1cc(Br)ccc1NCCCN. The third-order valence-electron chi connectivity index (χ3n) is 2.14. The van der Waals surface area contributed by atoms with Gasteiger partial charge in [-0.15, -0.1) is 0 Å². The van der Waals surface area contributed by atoms with Crippen LogP contribution in [-0.2, 0) is 6.42 Å². The van der Waals surface area contributed by atoms with Gasteiger partial charge in [-0.3, -0.25) is 0 Å². The lowest BCUT2D eigenvalue weighted by atomic mass is 10.1. The smallest absolute Gasteiger partial charge is 0.0373 e. The van der Waals surface area contributed by atoms with Crippen molar-refractivity contribution in [1.82, 2.24) is 0 Å². The molecule has 0 saturated carbocycles. The molecule has 0 fully saturated rings. The summed E-state index contributed by atoms with van der Waals surface area (Å²) in [6.07, 6.45) is 2.06. The molecular weight excluding hydrogens is 240 g/mol. The predicted molar refractivity (Wildman–Crippen MR) is 65.7 cm³/mol. The summed E-state index contributed by atoms with van der Waals surface area (Å²) in [5, 5.41) is 3.39. The average Bonchev–Trinajstić information content (AvgIpc) is 2.20. The third kappa shape index (κ3) is 3.31. The number of nitrogens with one attached hydrogen (secondary N) is 1. The Bertz CT molecular complexity index is 287. The molecule has 14 heavy (non-hydrogen) atoms. The number of benzene rings is 1. The van der Waals surface area contributed by atoms with Crippen molar-refractivity contribution in [2.45, 2.75) is 19.8 Å². The van der Waals surface area contributed by atoms with Gasteiger partial charge in [-0.05, 0) is 43.1 Å². The van der Waals surface area contributed by atoms with Gasteiger partial charge in [0.25, 0.3) is 0 Å². The Morgan fingerprint density at radius 1 is 1.43 bits per heavy atom. The summed E-state index contributed by atoms with van der Waals surface area (Å²) in [6, 6.07) is 6.33. The zero-order chi connectivity index (χ0) is 10.4. The van der Waals surface area contributed by atoms with Gasteiger partial charge in [0.15, 0.2) is 0 Å². The summed E-state index contributed by atoms with van der Waals surface area (Å²) >= 11 is 3.47. The minimum Gasteiger partial charge on any atom is -0.385 e. The normalized spacial score (nSPS) is 10.2. The summed E-state index contributed by atoms with van der Waals surface area (Å²) < 4.78 is 1.14. The molecule has 0 bridgehead atoms. The van der Waals surface area contributed by atoms with Gasteiger partial charge in [0.05, 0.1) is 0 Å². The van der Waals surface area contributed by atoms with Gasteiger partial charge in [-0.25, -0.2) is 0 Å². The Hall–Kier alpha value is -0.540. The maximum Gasteiger partial charge on any atom is 0.0373 e. The zero-order valence-electron chi connectivity index (χ0n) is 8.52. The fourth-order valence-corrected chi connectivity index (χ4v) is 1.76. The summed E-state index contributed by atoms with van der Waals surface area (Å²) in [5.41, 5.74) is 8.01. The van der Waals surface area contributed by atoms with Gasteiger partial charge >= 0.3 is 0 Å². The van der Waals surface area contributed by atoms with Crippen LogP contribution >= 0.6 is 15.9 Å². The first kappa shape index (κ1) is 11.5. The van der Waals surface area contributed by atoms with E-state index in [-0.39, 0.29) is 0 Å². The average molecular weight is 257 g/mol. The Balaban J connectivity index is 2.65. The molecule has 78 valence electrons. The van der Waals surface area contributed by atoms with Crippen LogP contribution in [-0.4, -0.2) is 13.1 Å². The first-order valence-electron chi connectivity index (χ1n) is 5.00. The number of hydrogen-bond donors (Lipinski definition) is 2. The molecule has 0 heterocycles. The summed E-state index contributed by atoms with van der Waals surface area (Å²) in [4.78, 5) is 0. The van der Waals surface area contributed by atoms with E-state index >= 15 is 0 Å². The molecule has 1 aromatic carbocycles. The molecule has 0 aliphatic rings. The second-order valence-electron chi connectivity index (χ2n) is 3.22. The van der Waals surface area contributed by atoms with E-state index in [1.165, 1.54) is 11.3 Å². The highest BCUT2D eigenvalue weighted by Crippen LogP contribution is 2.21. The van der Waals surface area contributed by atoms with Crippen LogP contribution < -0.4 is 11.1 Å². The van der Waals surface area contributed by atoms with E-state index in [2.05, 4.69) is 46.4 Å². The van der Waals surface area contributed by atoms with Gasteiger partial charge < -0.3 is 11.1 Å². The molecule has 0 atom stereocenters. The van der Waals surface area contributed by atoms with Crippen LogP contribution in [0.1, 0.15) is 18.9 Å². The van der Waals surface area contributed by atoms with Crippen molar-refractivity contribution in [3.05, 3.63) is 28.2 Å². The van der Waals surface area contributed by atoms with Gasteiger partial charge in [0.2, 0.25) is 0 Å². The third-order valence-corrected chi connectivity index (χ3v) is 2.64. The number of aryl methyl sites for hydroxylation is 1. The molecular formula is C11H17BrN2. The van der Waals surface area contributed by atoms with Crippen molar-refractivity contribution in [2.75, 3.05) is 18.4 Å². The minimum absolute atomic E-state index is 0.741. The van der Waals surface area contributed by atoms with Crippen molar-refractivity contribution in [1.29, 1.82) is 0 Å². The lowest BCUT2D eigenvalue weighted by molar-refractivity contribution is 0.872. The zero-order valence-corrected chi connectivity index (χ0v) is 10.1. The number of rotatable bonds is 5. The lowest BCUT2D eigenvalue weighted by Crippen LogP contribution is -2.09. The molecule has 0 aromatic heterocycles. The van der Waals surface area contributed by atoms with E-state index < -0.39 is 0 Å². The molecule has 3 heteroatoms. The van der Waals surface area contributed by atoms with Crippen LogP contribution in [0.3, 0.4) is 0 Å². The van der Waals surface area contributed by atoms with E-state index in [0.717, 1.165) is 30.4 Å². The van der Waals surface area contributed by atoms with Crippen LogP contribution in [0.2, 0.25) is 0 Å². The maximum absolute atomic E-state index is 5.44. The molecule has 1 rings (SSSR count). The Morgan fingerprint density at radius 3 is 2.86 bits per heavy atom. The summed E-state index contributed by atoms with van der Waals surface area (Å²) in [5.74, 6) is 0. The number of hydrogen-bond acceptors (Lipinski definition) is 2. The predicted octanol–water partition coefficient (Wildman–Crippen LogP) is 2.77. The van der Waals surface area contributed by atoms with Crippen LogP contribution in [0.4, 0.5) is 5.69 Å². The largest absolute Gasteiger partial charge is 0.385 e. The molecule has 0 spiro atoms. The fourth-order valence-electron chi connectivity index (χ4n) is 1.35. The highest BCUT2D eigenvalue weighted by Gasteiger charge is 2.00. The molecule has 0 unspecified atom stereocenters. The van der Waals surface area contributed by atoms with E-state index in [9.17, 15) is 0 Å². The Morgan fingerprint density at radius 2 is 2.21 bits per heavy atom. The van der Waals surface area contributed by atoms with Gasteiger partial charge in [0.1, 0.15) is 0 Å². The molecule has 0 saturated heterocycles. The monoisotopic (exact) mass is 256 g/mol. The van der Waals surface area contributed by atoms with E-state index in [1.807, 2.05) is 0 Å². The highest BCUT2D eigenvalue weighted by atomic mass is 79.9. The highest BCUT2D eigenvalue weighted by molar-refractivity contribution is 9.10. The molecule has 0 radical (unpaired) electrons. The van der Waals surface area contributed by atoms with Gasteiger partial charge in [0, 0.05) is 16.7 Å². The Labute approximate surface area is 94.0 Å². The fraction of sp³-hybridized carbons (Fsp3) is 0.455. The quantitative estimate of drug-likeness (QED) is 0.796. The maximum atomic E-state index is 5.44.